The summed E-state index contributed by atoms with van der Waals surface area (Å²) >= 11 is 0. The Morgan fingerprint density at radius 3 is 2.82 bits per heavy atom. The predicted octanol–water partition coefficient (Wildman–Crippen LogP) is 2.45. The van der Waals surface area contributed by atoms with E-state index in [-0.39, 0.29) is 17.9 Å². The maximum absolute atomic E-state index is 10.5. The Hall–Kier alpha value is -2.40. The summed E-state index contributed by atoms with van der Waals surface area (Å²) in [5.41, 5.74) is 3.63. The number of fused-ring (bicyclic) bond motifs is 1. The molecule has 0 radical (unpaired) electrons. The van der Waals surface area contributed by atoms with Gasteiger partial charge in [0.2, 0.25) is 0 Å². The lowest BCUT2D eigenvalue weighted by molar-refractivity contribution is 0.111. The zero-order valence-corrected chi connectivity index (χ0v) is 12.5. The molecule has 1 aliphatic heterocycles. The summed E-state index contributed by atoms with van der Waals surface area (Å²) in [4.78, 5) is 14.2. The van der Waals surface area contributed by atoms with Crippen LogP contribution in [0.25, 0.3) is 0 Å². The Labute approximate surface area is 129 Å². The quantitative estimate of drug-likeness (QED) is 0.742. The van der Waals surface area contributed by atoms with Crippen LogP contribution in [0.4, 0.5) is 5.69 Å². The Bertz CT molecular complexity index is 631. The van der Waals surface area contributed by atoms with Gasteiger partial charge in [0.15, 0.2) is 6.29 Å². The molecule has 0 bridgehead atoms. The van der Waals surface area contributed by atoms with Gasteiger partial charge in [-0.2, -0.15) is 0 Å². The number of carbonyl (C=O) groups is 1. The van der Waals surface area contributed by atoms with Gasteiger partial charge in [-0.05, 0) is 31.4 Å². The van der Waals surface area contributed by atoms with Crippen LogP contribution in [-0.2, 0) is 13.0 Å². The first kappa shape index (κ1) is 16.0. The van der Waals surface area contributed by atoms with E-state index in [0.717, 1.165) is 6.54 Å². The van der Waals surface area contributed by atoms with Crippen molar-refractivity contribution in [3.8, 4) is 5.75 Å². The van der Waals surface area contributed by atoms with Crippen LogP contribution in [0.5, 0.6) is 5.75 Å². The van der Waals surface area contributed by atoms with Crippen LogP contribution in [0.3, 0.4) is 0 Å². The summed E-state index contributed by atoms with van der Waals surface area (Å²) in [6, 6.07) is 8.53. The molecule has 1 aromatic carbocycles. The first-order chi connectivity index (χ1) is 10.7. The number of nitrogens with zero attached hydrogens (tertiary/aromatic N) is 1. The SMILES string of the molecule is Cc1ncc(CO)c(C=O)c1O.c1ccc2c(c1)CCCN2. The number of anilines is 1. The number of aryl methyl sites for hydroxylation is 2. The van der Waals surface area contributed by atoms with Crippen molar-refractivity contribution in [3.63, 3.8) is 0 Å². The van der Waals surface area contributed by atoms with Gasteiger partial charge in [0.1, 0.15) is 5.75 Å². The van der Waals surface area contributed by atoms with Crippen molar-refractivity contribution < 1.29 is 15.0 Å². The van der Waals surface area contributed by atoms with E-state index < -0.39 is 0 Å². The fraction of sp³-hybridized carbons (Fsp3) is 0.294. The van der Waals surface area contributed by atoms with Crippen molar-refractivity contribution >= 4 is 12.0 Å². The first-order valence-corrected chi connectivity index (χ1v) is 7.22. The molecule has 3 N–H and O–H groups in total. The van der Waals surface area contributed by atoms with Crippen LogP contribution in [0, 0.1) is 6.92 Å². The highest BCUT2D eigenvalue weighted by Gasteiger charge is 2.09. The number of carbonyl (C=O) groups excluding carboxylic acids is 1. The number of rotatable bonds is 2. The minimum absolute atomic E-state index is 0.116. The second kappa shape index (κ2) is 7.56. The van der Waals surface area contributed by atoms with Crippen LogP contribution < -0.4 is 5.32 Å². The highest BCUT2D eigenvalue weighted by Crippen LogP contribution is 2.21. The van der Waals surface area contributed by atoms with Crippen molar-refractivity contribution in [2.24, 2.45) is 0 Å². The second-order valence-corrected chi connectivity index (χ2v) is 5.09. The maximum Gasteiger partial charge on any atom is 0.154 e. The molecule has 0 saturated heterocycles. The summed E-state index contributed by atoms with van der Waals surface area (Å²) < 4.78 is 0. The lowest BCUT2D eigenvalue weighted by Gasteiger charge is -2.16. The summed E-state index contributed by atoms with van der Waals surface area (Å²) in [5.74, 6) is -0.156. The molecule has 0 fully saturated rings. The van der Waals surface area contributed by atoms with E-state index in [9.17, 15) is 9.90 Å². The number of nitrogens with one attached hydrogen (secondary N) is 1. The third kappa shape index (κ3) is 3.62. The van der Waals surface area contributed by atoms with Crippen molar-refractivity contribution in [3.05, 3.63) is 52.8 Å². The number of aromatic hydroxyl groups is 1. The fourth-order valence-electron chi connectivity index (χ4n) is 2.32. The van der Waals surface area contributed by atoms with Crippen LogP contribution >= 0.6 is 0 Å². The second-order valence-electron chi connectivity index (χ2n) is 5.09. The van der Waals surface area contributed by atoms with E-state index in [1.165, 1.54) is 30.3 Å². The number of benzene rings is 1. The molecule has 1 aromatic heterocycles. The molecule has 3 rings (SSSR count). The topological polar surface area (TPSA) is 82.5 Å². The van der Waals surface area contributed by atoms with Crippen LogP contribution in [-0.4, -0.2) is 28.0 Å². The predicted molar refractivity (Wildman–Crippen MR) is 85.2 cm³/mol. The number of para-hydroxylation sites is 1. The summed E-state index contributed by atoms with van der Waals surface area (Å²) in [6.45, 7) is 2.43. The number of hydrogen-bond acceptors (Lipinski definition) is 5. The molecule has 0 amide bonds. The van der Waals surface area contributed by atoms with Gasteiger partial charge in [-0.15, -0.1) is 0 Å². The maximum atomic E-state index is 10.5. The number of hydrogen-bond donors (Lipinski definition) is 3. The molecule has 2 heterocycles. The Morgan fingerprint density at radius 2 is 2.14 bits per heavy atom. The molecule has 1 aliphatic rings. The smallest absolute Gasteiger partial charge is 0.154 e. The lowest BCUT2D eigenvalue weighted by atomic mass is 10.0. The van der Waals surface area contributed by atoms with Gasteiger partial charge in [0.25, 0.3) is 0 Å². The Kier molecular flexibility index (Phi) is 5.49. The first-order valence-electron chi connectivity index (χ1n) is 7.22. The molecular weight excluding hydrogens is 280 g/mol. The highest BCUT2D eigenvalue weighted by molar-refractivity contribution is 5.81. The van der Waals surface area contributed by atoms with Crippen molar-refractivity contribution in [2.45, 2.75) is 26.4 Å². The lowest BCUT2D eigenvalue weighted by Crippen LogP contribution is -2.10. The van der Waals surface area contributed by atoms with Crippen LogP contribution in [0.1, 0.15) is 33.6 Å². The minimum atomic E-state index is -0.297. The summed E-state index contributed by atoms with van der Waals surface area (Å²) in [5, 5.41) is 21.4. The third-order valence-electron chi connectivity index (χ3n) is 3.60. The highest BCUT2D eigenvalue weighted by atomic mass is 16.3. The van der Waals surface area contributed by atoms with Gasteiger partial charge < -0.3 is 15.5 Å². The molecule has 0 unspecified atom stereocenters. The molecular formula is C17H20N2O3. The standard InChI is InChI=1S/C9H11N.C8H9NO3/c1-2-6-9-8(4-1)5-3-7-10-9;1-5-8(12)7(4-11)6(3-10)2-9-5/h1-2,4,6,10H,3,5,7H2;2,4,10,12H,3H2,1H3. The average molecular weight is 300 g/mol. The van der Waals surface area contributed by atoms with Gasteiger partial charge in [0, 0.05) is 24.0 Å². The zero-order chi connectivity index (χ0) is 15.9. The van der Waals surface area contributed by atoms with Crippen molar-refractivity contribution in [1.29, 1.82) is 0 Å². The molecule has 116 valence electrons. The molecule has 5 heteroatoms. The summed E-state index contributed by atoms with van der Waals surface area (Å²) in [7, 11) is 0. The molecule has 5 nitrogen and oxygen atoms in total. The average Bonchev–Trinajstić information content (AvgIpc) is 2.58. The summed E-state index contributed by atoms with van der Waals surface area (Å²) in [6.07, 6.45) is 4.40. The van der Waals surface area contributed by atoms with Crippen molar-refractivity contribution in [1.82, 2.24) is 4.98 Å². The third-order valence-corrected chi connectivity index (χ3v) is 3.60. The van der Waals surface area contributed by atoms with E-state index in [0.29, 0.717) is 17.5 Å². The normalized spacial score (nSPS) is 12.5. The number of aliphatic hydroxyl groups excluding tert-OH is 1. The minimum Gasteiger partial charge on any atom is -0.505 e. The van der Waals surface area contributed by atoms with Crippen LogP contribution in [0.15, 0.2) is 30.5 Å². The van der Waals surface area contributed by atoms with E-state index in [1.807, 2.05) is 0 Å². The molecule has 0 saturated carbocycles. The Balaban J connectivity index is 0.000000162. The Morgan fingerprint density at radius 1 is 1.36 bits per heavy atom. The van der Waals surface area contributed by atoms with E-state index >= 15 is 0 Å². The van der Waals surface area contributed by atoms with Crippen LogP contribution in [0.2, 0.25) is 0 Å². The molecule has 0 spiro atoms. The fourth-order valence-corrected chi connectivity index (χ4v) is 2.32. The molecule has 22 heavy (non-hydrogen) atoms. The van der Waals surface area contributed by atoms with E-state index in [2.05, 4.69) is 34.6 Å². The molecule has 0 aliphatic carbocycles. The van der Waals surface area contributed by atoms with E-state index in [1.54, 1.807) is 6.92 Å². The van der Waals surface area contributed by atoms with Gasteiger partial charge in [0.05, 0.1) is 17.9 Å². The number of pyridine rings is 1. The van der Waals surface area contributed by atoms with Gasteiger partial charge in [-0.25, -0.2) is 0 Å². The number of aldehydes is 1. The van der Waals surface area contributed by atoms with E-state index in [4.69, 9.17) is 5.11 Å². The molecule has 0 atom stereocenters. The zero-order valence-electron chi connectivity index (χ0n) is 12.5. The van der Waals surface area contributed by atoms with Gasteiger partial charge in [-0.3, -0.25) is 9.78 Å². The number of aromatic nitrogens is 1. The number of aliphatic hydroxyl groups is 1. The van der Waals surface area contributed by atoms with Gasteiger partial charge >= 0.3 is 0 Å². The van der Waals surface area contributed by atoms with Gasteiger partial charge in [-0.1, -0.05) is 18.2 Å². The monoisotopic (exact) mass is 300 g/mol. The molecule has 2 aromatic rings. The van der Waals surface area contributed by atoms with Crippen molar-refractivity contribution in [2.75, 3.05) is 11.9 Å². The largest absolute Gasteiger partial charge is 0.505 e.